The number of para-hydroxylation sites is 2. The minimum atomic E-state index is -0.521. The molecule has 6 aromatic rings. The SMILES string of the molecule is C[C@H](Sc1ccc(NC(=O)/C(=C\c2ccc(-c3ccccc3)o2)NC(=O)c2ccccc2)cc1)C(=O)N(c1ccccc1)c1ccccc1. The van der Waals surface area contributed by atoms with Crippen molar-refractivity contribution in [3.8, 4) is 11.3 Å². The van der Waals surface area contributed by atoms with E-state index in [-0.39, 0.29) is 11.6 Å². The molecule has 0 radical (unpaired) electrons. The predicted molar refractivity (Wildman–Crippen MR) is 196 cm³/mol. The standard InChI is InChI=1S/C41H33N3O4S/c1-29(41(47)44(33-18-10-4-11-19-33)34-20-12-5-13-21-34)49-36-25-22-32(23-26-36)42-40(46)37(43-39(45)31-16-8-3-9-17-31)28-35-24-27-38(48-35)30-14-6-2-7-15-30/h2-29H,1H3,(H,42,46)(H,43,45)/b37-28+/t29-/m0/s1. The molecule has 0 saturated carbocycles. The summed E-state index contributed by atoms with van der Waals surface area (Å²) in [7, 11) is 0. The molecule has 49 heavy (non-hydrogen) atoms. The summed E-state index contributed by atoms with van der Waals surface area (Å²) in [6.07, 6.45) is 1.51. The van der Waals surface area contributed by atoms with Gasteiger partial charge in [0.05, 0.1) is 5.25 Å². The fourth-order valence-electron chi connectivity index (χ4n) is 5.08. The van der Waals surface area contributed by atoms with Crippen LogP contribution in [-0.4, -0.2) is 23.0 Å². The van der Waals surface area contributed by atoms with Crippen LogP contribution in [0, 0.1) is 0 Å². The summed E-state index contributed by atoms with van der Waals surface area (Å²) in [5.74, 6) is 0.0341. The first kappa shape index (κ1) is 32.8. The van der Waals surface area contributed by atoms with Gasteiger partial charge in [-0.3, -0.25) is 19.3 Å². The van der Waals surface area contributed by atoms with Crippen molar-refractivity contribution in [2.75, 3.05) is 10.2 Å². The largest absolute Gasteiger partial charge is 0.457 e. The zero-order valence-corrected chi connectivity index (χ0v) is 27.5. The average Bonchev–Trinajstić information content (AvgIpc) is 3.62. The first-order valence-corrected chi connectivity index (χ1v) is 16.6. The molecule has 1 aromatic heterocycles. The Bertz CT molecular complexity index is 2010. The number of hydrogen-bond acceptors (Lipinski definition) is 5. The second-order valence-electron chi connectivity index (χ2n) is 11.0. The van der Waals surface area contributed by atoms with Crippen molar-refractivity contribution >= 4 is 52.6 Å². The molecule has 6 rings (SSSR count). The Morgan fingerprint density at radius 2 is 1.22 bits per heavy atom. The van der Waals surface area contributed by atoms with Gasteiger partial charge in [-0.15, -0.1) is 11.8 Å². The second-order valence-corrected chi connectivity index (χ2v) is 12.4. The zero-order chi connectivity index (χ0) is 34.0. The van der Waals surface area contributed by atoms with Gasteiger partial charge in [-0.2, -0.15) is 0 Å². The van der Waals surface area contributed by atoms with Crippen molar-refractivity contribution in [3.05, 3.63) is 175 Å². The van der Waals surface area contributed by atoms with Crippen molar-refractivity contribution in [1.82, 2.24) is 5.32 Å². The zero-order valence-electron chi connectivity index (χ0n) is 26.7. The lowest BCUT2D eigenvalue weighted by molar-refractivity contribution is -0.117. The lowest BCUT2D eigenvalue weighted by atomic mass is 10.2. The Morgan fingerprint density at radius 1 is 0.673 bits per heavy atom. The summed E-state index contributed by atoms with van der Waals surface area (Å²) in [6.45, 7) is 1.88. The predicted octanol–water partition coefficient (Wildman–Crippen LogP) is 9.20. The van der Waals surface area contributed by atoms with Crippen molar-refractivity contribution in [1.29, 1.82) is 0 Å². The third kappa shape index (κ3) is 8.43. The Hall–Kier alpha value is -6.12. The van der Waals surface area contributed by atoms with Crippen molar-refractivity contribution in [2.45, 2.75) is 17.1 Å². The van der Waals surface area contributed by atoms with E-state index < -0.39 is 17.1 Å². The molecule has 0 aliphatic heterocycles. The Morgan fingerprint density at radius 3 is 1.82 bits per heavy atom. The second kappa shape index (κ2) is 15.6. The molecule has 7 nitrogen and oxygen atoms in total. The van der Waals surface area contributed by atoms with Crippen LogP contribution in [0.4, 0.5) is 17.1 Å². The van der Waals surface area contributed by atoms with Gasteiger partial charge in [-0.1, -0.05) is 84.9 Å². The molecule has 0 aliphatic rings. The molecule has 0 unspecified atom stereocenters. The van der Waals surface area contributed by atoms with E-state index in [1.165, 1.54) is 17.8 Å². The summed E-state index contributed by atoms with van der Waals surface area (Å²) in [5.41, 5.74) is 3.42. The van der Waals surface area contributed by atoms with E-state index in [1.54, 1.807) is 47.4 Å². The lowest BCUT2D eigenvalue weighted by Crippen LogP contribution is -2.32. The normalized spacial score (nSPS) is 11.7. The van der Waals surface area contributed by atoms with E-state index in [0.29, 0.717) is 22.8 Å². The summed E-state index contributed by atoms with van der Waals surface area (Å²) in [4.78, 5) is 43.0. The van der Waals surface area contributed by atoms with Crippen LogP contribution < -0.4 is 15.5 Å². The summed E-state index contributed by atoms with van der Waals surface area (Å²) < 4.78 is 5.99. The minimum absolute atomic E-state index is 0.0161. The molecule has 0 bridgehead atoms. The van der Waals surface area contributed by atoms with Crippen LogP contribution in [0.1, 0.15) is 23.0 Å². The molecule has 0 spiro atoms. The van der Waals surface area contributed by atoms with Crippen molar-refractivity contribution < 1.29 is 18.8 Å². The third-order valence-corrected chi connectivity index (χ3v) is 8.62. The fourth-order valence-corrected chi connectivity index (χ4v) is 5.99. The minimum Gasteiger partial charge on any atom is -0.457 e. The van der Waals surface area contributed by atoms with Gasteiger partial charge in [0.2, 0.25) is 5.91 Å². The average molecular weight is 664 g/mol. The highest BCUT2D eigenvalue weighted by molar-refractivity contribution is 8.00. The van der Waals surface area contributed by atoms with Crippen LogP contribution in [0.3, 0.4) is 0 Å². The Labute approximate surface area is 289 Å². The van der Waals surface area contributed by atoms with Crippen LogP contribution >= 0.6 is 11.8 Å². The van der Waals surface area contributed by atoms with Gasteiger partial charge >= 0.3 is 0 Å². The van der Waals surface area contributed by atoms with Gasteiger partial charge in [0.15, 0.2) is 0 Å². The van der Waals surface area contributed by atoms with Crippen molar-refractivity contribution in [3.63, 3.8) is 0 Å². The molecule has 0 saturated heterocycles. The van der Waals surface area contributed by atoms with E-state index >= 15 is 0 Å². The molecule has 242 valence electrons. The topological polar surface area (TPSA) is 91.6 Å². The molecule has 0 fully saturated rings. The number of carbonyl (C=O) groups is 3. The van der Waals surface area contributed by atoms with Gasteiger partial charge in [0.1, 0.15) is 17.2 Å². The maximum Gasteiger partial charge on any atom is 0.272 e. The van der Waals surface area contributed by atoms with Gasteiger partial charge in [-0.25, -0.2) is 0 Å². The van der Waals surface area contributed by atoms with E-state index in [2.05, 4.69) is 10.6 Å². The van der Waals surface area contributed by atoms with E-state index in [0.717, 1.165) is 21.8 Å². The van der Waals surface area contributed by atoms with Gasteiger partial charge in [0.25, 0.3) is 11.8 Å². The highest BCUT2D eigenvalue weighted by Crippen LogP contribution is 2.32. The van der Waals surface area contributed by atoms with E-state index in [9.17, 15) is 14.4 Å². The molecule has 1 heterocycles. The molecule has 8 heteroatoms. The molecule has 1 atom stereocenters. The molecule has 0 aliphatic carbocycles. The maximum absolute atomic E-state index is 13.8. The number of furan rings is 1. The van der Waals surface area contributed by atoms with Crippen LogP contribution in [-0.2, 0) is 9.59 Å². The number of nitrogens with one attached hydrogen (secondary N) is 2. The lowest BCUT2D eigenvalue weighted by Gasteiger charge is -2.26. The molecular formula is C41H33N3O4S. The monoisotopic (exact) mass is 663 g/mol. The maximum atomic E-state index is 13.8. The number of nitrogens with zero attached hydrogens (tertiary/aromatic N) is 1. The molecule has 2 N–H and O–H groups in total. The number of rotatable bonds is 11. The van der Waals surface area contributed by atoms with Gasteiger partial charge < -0.3 is 15.1 Å². The van der Waals surface area contributed by atoms with E-state index in [4.69, 9.17) is 4.42 Å². The van der Waals surface area contributed by atoms with Crippen molar-refractivity contribution in [2.24, 2.45) is 0 Å². The quantitative estimate of drug-likeness (QED) is 0.107. The summed E-state index contributed by atoms with van der Waals surface area (Å²) in [5, 5.41) is 5.21. The number of benzene rings is 5. The number of anilines is 3. The van der Waals surface area contributed by atoms with Gasteiger partial charge in [-0.05, 0) is 79.7 Å². The Balaban J connectivity index is 1.17. The molecule has 3 amide bonds. The summed E-state index contributed by atoms with van der Waals surface area (Å²) in [6, 6.07) is 48.2. The Kier molecular flexibility index (Phi) is 10.5. The molecular weight excluding hydrogens is 631 g/mol. The first-order chi connectivity index (χ1) is 23.9. The fraction of sp³-hybridized carbons (Fsp3) is 0.0488. The number of thioether (sulfide) groups is 1. The number of hydrogen-bond donors (Lipinski definition) is 2. The number of amides is 3. The number of carbonyl (C=O) groups excluding carboxylic acids is 3. The highest BCUT2D eigenvalue weighted by atomic mass is 32.2. The van der Waals surface area contributed by atoms with Gasteiger partial charge in [0, 0.05) is 39.2 Å². The van der Waals surface area contributed by atoms with Crippen LogP contribution in [0.15, 0.2) is 173 Å². The third-order valence-electron chi connectivity index (χ3n) is 7.52. The summed E-state index contributed by atoms with van der Waals surface area (Å²) >= 11 is 1.43. The first-order valence-electron chi connectivity index (χ1n) is 15.7. The molecule has 5 aromatic carbocycles. The van der Waals surface area contributed by atoms with Crippen LogP contribution in [0.25, 0.3) is 17.4 Å². The van der Waals surface area contributed by atoms with Crippen LogP contribution in [0.5, 0.6) is 0 Å². The van der Waals surface area contributed by atoms with Crippen LogP contribution in [0.2, 0.25) is 0 Å². The highest BCUT2D eigenvalue weighted by Gasteiger charge is 2.24. The smallest absolute Gasteiger partial charge is 0.272 e. The van der Waals surface area contributed by atoms with E-state index in [1.807, 2.05) is 122 Å².